The molecule has 1 rings (SSSR count). The van der Waals surface area contributed by atoms with Gasteiger partial charge in [-0.3, -0.25) is 0 Å². The van der Waals surface area contributed by atoms with Crippen molar-refractivity contribution in [2.24, 2.45) is 0 Å². The summed E-state index contributed by atoms with van der Waals surface area (Å²) in [5.41, 5.74) is 4.63. The van der Waals surface area contributed by atoms with Crippen LogP contribution in [0.3, 0.4) is 0 Å². The van der Waals surface area contributed by atoms with Crippen LogP contribution in [0.25, 0.3) is 0 Å². The normalized spacial score (nSPS) is 12.1. The molecular weight excluding hydrogens is 250 g/mol. The Hall–Kier alpha value is -0.950. The highest BCUT2D eigenvalue weighted by Gasteiger charge is 2.21. The number of nitrogens with two attached hydrogens (primary N) is 1. The zero-order valence-electron chi connectivity index (χ0n) is 7.54. The van der Waals surface area contributed by atoms with Crippen molar-refractivity contribution in [1.29, 1.82) is 0 Å². The molecule has 0 spiro atoms. The number of aromatic nitrogens is 1. The summed E-state index contributed by atoms with van der Waals surface area (Å²) in [6.07, 6.45) is -2.90. The van der Waals surface area contributed by atoms with Crippen molar-refractivity contribution in [3.63, 3.8) is 0 Å². The number of nitrogen functional groups attached to an aromatic ring is 1. The minimum atomic E-state index is -4.16. The van der Waals surface area contributed by atoms with Gasteiger partial charge in [0.05, 0.1) is 0 Å². The van der Waals surface area contributed by atoms with E-state index >= 15 is 0 Å². The van der Waals surface area contributed by atoms with Gasteiger partial charge in [0, 0.05) is 21.9 Å². The third-order valence-corrected chi connectivity index (χ3v) is 3.04. The molecule has 0 radical (unpaired) electrons. The number of rotatable bonds is 2. The molecule has 84 valence electrons. The van der Waals surface area contributed by atoms with Crippen molar-refractivity contribution >= 4 is 25.4 Å². The van der Waals surface area contributed by atoms with Crippen molar-refractivity contribution in [3.8, 4) is 0 Å². The highest BCUT2D eigenvalue weighted by atomic mass is 35.7. The maximum Gasteiger partial charge on any atom is 0.280 e. The zero-order valence-corrected chi connectivity index (χ0v) is 9.11. The number of hydrogen-bond donors (Lipinski definition) is 1. The molecule has 0 aromatic carbocycles. The van der Waals surface area contributed by atoms with E-state index in [1.165, 1.54) is 6.92 Å². The lowest BCUT2D eigenvalue weighted by atomic mass is 10.2. The SMILES string of the molecule is Cc1c(N)cc(C(F)F)nc1S(=O)(=O)Cl. The number of pyridine rings is 1. The molecule has 2 N–H and O–H groups in total. The first-order chi connectivity index (χ1) is 6.73. The van der Waals surface area contributed by atoms with Gasteiger partial charge in [0.1, 0.15) is 5.69 Å². The fourth-order valence-electron chi connectivity index (χ4n) is 0.974. The standard InChI is InChI=1S/C7H7ClF2N2O2S/c1-3-4(11)2-5(6(9)10)12-7(3)15(8,13)14/h2,6H,1H3,(H2,11,12). The van der Waals surface area contributed by atoms with Crippen LogP contribution in [0, 0.1) is 6.92 Å². The van der Waals surface area contributed by atoms with E-state index in [-0.39, 0.29) is 11.3 Å². The van der Waals surface area contributed by atoms with Gasteiger partial charge in [-0.15, -0.1) is 0 Å². The maximum absolute atomic E-state index is 12.3. The van der Waals surface area contributed by atoms with Gasteiger partial charge in [-0.25, -0.2) is 22.2 Å². The Balaban J connectivity index is 3.52. The molecule has 0 amide bonds. The topological polar surface area (TPSA) is 73.0 Å². The van der Waals surface area contributed by atoms with Crippen LogP contribution in [0.1, 0.15) is 17.7 Å². The average molecular weight is 257 g/mol. The van der Waals surface area contributed by atoms with E-state index in [1.54, 1.807) is 0 Å². The smallest absolute Gasteiger partial charge is 0.280 e. The van der Waals surface area contributed by atoms with Gasteiger partial charge < -0.3 is 5.73 Å². The summed E-state index contributed by atoms with van der Waals surface area (Å²) in [6, 6.07) is 0.922. The fraction of sp³-hybridized carbons (Fsp3) is 0.286. The third-order valence-electron chi connectivity index (χ3n) is 1.74. The Morgan fingerprint density at radius 2 is 2.07 bits per heavy atom. The number of halogens is 3. The molecular formula is C7H7ClF2N2O2S. The van der Waals surface area contributed by atoms with Gasteiger partial charge in [-0.1, -0.05) is 0 Å². The molecule has 8 heteroatoms. The predicted octanol–water partition coefficient (Wildman–Crippen LogP) is 1.84. The maximum atomic E-state index is 12.3. The molecule has 0 saturated heterocycles. The Morgan fingerprint density at radius 3 is 2.47 bits per heavy atom. The quantitative estimate of drug-likeness (QED) is 0.820. The van der Waals surface area contributed by atoms with Crippen LogP contribution in [-0.4, -0.2) is 13.4 Å². The van der Waals surface area contributed by atoms with E-state index in [9.17, 15) is 17.2 Å². The number of anilines is 1. The first-order valence-corrected chi connectivity index (χ1v) is 6.04. The summed E-state index contributed by atoms with van der Waals surface area (Å²) >= 11 is 0. The van der Waals surface area contributed by atoms with Crippen LogP contribution < -0.4 is 5.73 Å². The van der Waals surface area contributed by atoms with E-state index in [1.807, 2.05) is 0 Å². The summed E-state index contributed by atoms with van der Waals surface area (Å²) in [6.45, 7) is 1.34. The lowest BCUT2D eigenvalue weighted by Gasteiger charge is -2.07. The van der Waals surface area contributed by atoms with Gasteiger partial charge in [-0.2, -0.15) is 0 Å². The van der Waals surface area contributed by atoms with Gasteiger partial charge in [0.15, 0.2) is 5.03 Å². The molecule has 0 bridgehead atoms. The van der Waals surface area contributed by atoms with Crippen molar-refractivity contribution < 1.29 is 17.2 Å². The fourth-order valence-corrected chi connectivity index (χ4v) is 2.12. The Bertz CT molecular complexity index is 490. The van der Waals surface area contributed by atoms with Gasteiger partial charge in [0.2, 0.25) is 0 Å². The van der Waals surface area contributed by atoms with Crippen LogP contribution in [0.4, 0.5) is 14.5 Å². The first-order valence-electron chi connectivity index (χ1n) is 3.73. The molecule has 1 aromatic heterocycles. The molecule has 0 aliphatic carbocycles. The average Bonchev–Trinajstić information content (AvgIpc) is 2.06. The number of hydrogen-bond acceptors (Lipinski definition) is 4. The number of alkyl halides is 2. The second-order valence-electron chi connectivity index (χ2n) is 2.81. The van der Waals surface area contributed by atoms with Gasteiger partial charge in [-0.05, 0) is 13.0 Å². The molecule has 0 atom stereocenters. The second-order valence-corrected chi connectivity index (χ2v) is 5.29. The summed E-state index contributed by atoms with van der Waals surface area (Å²) in [4.78, 5) is 3.25. The highest BCUT2D eigenvalue weighted by Crippen LogP contribution is 2.27. The Morgan fingerprint density at radius 1 is 1.53 bits per heavy atom. The molecule has 0 saturated carbocycles. The zero-order chi connectivity index (χ0) is 11.8. The molecule has 0 unspecified atom stereocenters. The lowest BCUT2D eigenvalue weighted by Crippen LogP contribution is -2.06. The van der Waals surface area contributed by atoms with E-state index in [2.05, 4.69) is 4.98 Å². The van der Waals surface area contributed by atoms with Gasteiger partial charge >= 0.3 is 0 Å². The van der Waals surface area contributed by atoms with Crippen molar-refractivity contribution in [1.82, 2.24) is 4.98 Å². The molecule has 0 aliphatic heterocycles. The van der Waals surface area contributed by atoms with Crippen LogP contribution in [0.5, 0.6) is 0 Å². The monoisotopic (exact) mass is 256 g/mol. The minimum Gasteiger partial charge on any atom is -0.398 e. The Kier molecular flexibility index (Phi) is 3.15. The van der Waals surface area contributed by atoms with Crippen molar-refractivity contribution in [2.45, 2.75) is 18.4 Å². The highest BCUT2D eigenvalue weighted by molar-refractivity contribution is 8.13. The van der Waals surface area contributed by atoms with Crippen molar-refractivity contribution in [2.75, 3.05) is 5.73 Å². The van der Waals surface area contributed by atoms with E-state index in [4.69, 9.17) is 16.4 Å². The summed E-state index contributed by atoms with van der Waals surface area (Å²) < 4.78 is 46.5. The minimum absolute atomic E-state index is 0.0643. The van der Waals surface area contributed by atoms with E-state index < -0.39 is 26.2 Å². The lowest BCUT2D eigenvalue weighted by molar-refractivity contribution is 0.145. The molecule has 0 fully saturated rings. The summed E-state index contributed by atoms with van der Waals surface area (Å²) in [5, 5.41) is -0.625. The molecule has 0 aliphatic rings. The molecule has 1 heterocycles. The largest absolute Gasteiger partial charge is 0.398 e. The van der Waals surface area contributed by atoms with Crippen LogP contribution in [0.2, 0.25) is 0 Å². The van der Waals surface area contributed by atoms with Crippen molar-refractivity contribution in [3.05, 3.63) is 17.3 Å². The third kappa shape index (κ3) is 2.54. The van der Waals surface area contributed by atoms with Crippen LogP contribution in [0.15, 0.2) is 11.1 Å². The summed E-state index contributed by atoms with van der Waals surface area (Å²) in [5.74, 6) is 0. The van der Waals surface area contributed by atoms with Gasteiger partial charge in [0.25, 0.3) is 15.5 Å². The molecule has 15 heavy (non-hydrogen) atoms. The van der Waals surface area contributed by atoms with Crippen LogP contribution in [-0.2, 0) is 9.05 Å². The van der Waals surface area contributed by atoms with Crippen LogP contribution >= 0.6 is 10.7 Å². The molecule has 1 aromatic rings. The first kappa shape index (κ1) is 12.1. The van der Waals surface area contributed by atoms with E-state index in [0.29, 0.717) is 0 Å². The number of nitrogens with zero attached hydrogens (tertiary/aromatic N) is 1. The predicted molar refractivity (Wildman–Crippen MR) is 51.4 cm³/mol. The van der Waals surface area contributed by atoms with E-state index in [0.717, 1.165) is 6.07 Å². The molecule has 4 nitrogen and oxygen atoms in total. The second kappa shape index (κ2) is 3.90. The Labute approximate surface area is 89.5 Å². The summed E-state index contributed by atoms with van der Waals surface area (Å²) in [7, 11) is 0.857.